The summed E-state index contributed by atoms with van der Waals surface area (Å²) < 4.78 is 71.3. The van der Waals surface area contributed by atoms with Gasteiger partial charge in [0.1, 0.15) is 23.5 Å². The Morgan fingerprint density at radius 1 is 1.22 bits per heavy atom. The van der Waals surface area contributed by atoms with Gasteiger partial charge in [0.15, 0.2) is 0 Å². The molecule has 0 radical (unpaired) electrons. The van der Waals surface area contributed by atoms with Crippen LogP contribution in [-0.4, -0.2) is 52.7 Å². The van der Waals surface area contributed by atoms with Crippen LogP contribution in [0.25, 0.3) is 0 Å². The lowest BCUT2D eigenvalue weighted by atomic mass is 9.81. The highest BCUT2D eigenvalue weighted by Gasteiger charge is 2.43. The minimum atomic E-state index is -4.62. The third-order valence-corrected chi connectivity index (χ3v) is 5.96. The molecule has 2 atom stereocenters. The second-order valence-corrected chi connectivity index (χ2v) is 10.2. The third-order valence-electron chi connectivity index (χ3n) is 5.96. The predicted molar refractivity (Wildman–Crippen MR) is 123 cm³/mol. The zero-order chi connectivity index (χ0) is 27.6. The Kier molecular flexibility index (Phi) is 8.13. The van der Waals surface area contributed by atoms with Crippen molar-refractivity contribution in [3.8, 4) is 0 Å². The molecular formula is C24H29F5N4O4. The molecule has 0 saturated heterocycles. The van der Waals surface area contributed by atoms with Crippen LogP contribution in [0.5, 0.6) is 0 Å². The lowest BCUT2D eigenvalue weighted by molar-refractivity contribution is -0.148. The van der Waals surface area contributed by atoms with Gasteiger partial charge >= 0.3 is 12.3 Å². The molecule has 1 saturated carbocycles. The maximum Gasteiger partial charge on any atom is 0.412 e. The molecule has 13 heteroatoms. The molecule has 1 unspecified atom stereocenters. The van der Waals surface area contributed by atoms with E-state index in [2.05, 4.69) is 15.6 Å². The minimum absolute atomic E-state index is 0.00199. The smallest absolute Gasteiger partial charge is 0.412 e. The molecule has 8 nitrogen and oxygen atoms in total. The number of nitrogens with one attached hydrogen (secondary N) is 3. The van der Waals surface area contributed by atoms with E-state index in [0.29, 0.717) is 5.56 Å². The summed E-state index contributed by atoms with van der Waals surface area (Å²) in [6.07, 6.45) is -4.39. The predicted octanol–water partition coefficient (Wildman–Crippen LogP) is 4.27. The largest absolute Gasteiger partial charge is 0.444 e. The molecule has 37 heavy (non-hydrogen) atoms. The Bertz CT molecular complexity index is 1060. The molecule has 204 valence electrons. The second kappa shape index (κ2) is 10.6. The molecule has 1 fully saturated rings. The van der Waals surface area contributed by atoms with Crippen molar-refractivity contribution < 1.29 is 41.1 Å². The number of hydrogen-bond acceptors (Lipinski definition) is 5. The molecule has 0 bridgehead atoms. The summed E-state index contributed by atoms with van der Waals surface area (Å²) in [4.78, 5) is 41.5. The van der Waals surface area contributed by atoms with Crippen molar-refractivity contribution in [3.63, 3.8) is 0 Å². The number of hydrogen-bond donors (Lipinski definition) is 3. The van der Waals surface area contributed by atoms with Gasteiger partial charge in [-0.1, -0.05) is 0 Å². The average Bonchev–Trinajstić information content (AvgIpc) is 3.12. The molecule has 3 amide bonds. The zero-order valence-corrected chi connectivity index (χ0v) is 20.5. The Balaban J connectivity index is 1.73. The second-order valence-electron chi connectivity index (χ2n) is 10.2. The Morgan fingerprint density at radius 2 is 1.86 bits per heavy atom. The van der Waals surface area contributed by atoms with Gasteiger partial charge in [-0.05, 0) is 63.3 Å². The van der Waals surface area contributed by atoms with Gasteiger partial charge in [-0.25, -0.2) is 18.6 Å². The van der Waals surface area contributed by atoms with E-state index in [1.54, 1.807) is 20.8 Å². The number of ether oxygens (including phenoxy) is 1. The average molecular weight is 533 g/mol. The number of pyridine rings is 1. The molecule has 1 aromatic rings. The SMILES string of the molecule is CC(C)(C)OC(=O)N[C@@H](C(=O)Nc1cc(CC2=CC(C(F)(F)F)NC2=O)ccn1)C1CCC(F)(F)CC1. The number of halogens is 5. The van der Waals surface area contributed by atoms with Gasteiger partial charge in [0.2, 0.25) is 17.7 Å². The molecule has 1 aliphatic heterocycles. The first-order chi connectivity index (χ1) is 17.0. The van der Waals surface area contributed by atoms with Crippen LogP contribution in [0.15, 0.2) is 30.0 Å². The number of carbonyl (C=O) groups is 3. The van der Waals surface area contributed by atoms with E-state index in [-0.39, 0.29) is 30.7 Å². The highest BCUT2D eigenvalue weighted by molar-refractivity contribution is 5.97. The first-order valence-electron chi connectivity index (χ1n) is 11.7. The van der Waals surface area contributed by atoms with Crippen LogP contribution in [0.2, 0.25) is 0 Å². The lowest BCUT2D eigenvalue weighted by Crippen LogP contribution is -2.51. The third kappa shape index (κ3) is 8.12. The van der Waals surface area contributed by atoms with E-state index in [1.165, 1.54) is 18.3 Å². The van der Waals surface area contributed by atoms with Crippen LogP contribution in [0.1, 0.15) is 52.0 Å². The summed E-state index contributed by atoms with van der Waals surface area (Å²) in [5.74, 6) is -4.96. The number of alkyl halides is 5. The summed E-state index contributed by atoms with van der Waals surface area (Å²) in [7, 11) is 0. The summed E-state index contributed by atoms with van der Waals surface area (Å²) in [5.41, 5.74) is -0.533. The molecule has 1 aromatic heterocycles. The number of anilines is 1. The summed E-state index contributed by atoms with van der Waals surface area (Å²) >= 11 is 0. The quantitative estimate of drug-likeness (QED) is 0.475. The van der Waals surface area contributed by atoms with E-state index >= 15 is 0 Å². The number of carbonyl (C=O) groups excluding carboxylic acids is 3. The van der Waals surface area contributed by atoms with Crippen molar-refractivity contribution in [2.45, 2.75) is 82.7 Å². The van der Waals surface area contributed by atoms with Crippen LogP contribution < -0.4 is 16.0 Å². The van der Waals surface area contributed by atoms with Gasteiger partial charge in [0, 0.05) is 31.0 Å². The monoisotopic (exact) mass is 532 g/mol. The number of alkyl carbamates (subject to hydrolysis) is 1. The molecule has 1 aliphatic carbocycles. The van der Waals surface area contributed by atoms with Gasteiger partial charge in [0.25, 0.3) is 0 Å². The summed E-state index contributed by atoms with van der Waals surface area (Å²) in [6.45, 7) is 4.90. The van der Waals surface area contributed by atoms with E-state index < -0.39 is 66.5 Å². The fourth-order valence-corrected chi connectivity index (χ4v) is 4.17. The topological polar surface area (TPSA) is 109 Å². The molecule has 0 spiro atoms. The van der Waals surface area contributed by atoms with Crippen molar-refractivity contribution in [2.24, 2.45) is 5.92 Å². The maximum absolute atomic E-state index is 13.7. The highest BCUT2D eigenvalue weighted by Crippen LogP contribution is 2.38. The summed E-state index contributed by atoms with van der Waals surface area (Å²) in [5, 5.41) is 6.86. The van der Waals surface area contributed by atoms with E-state index in [1.807, 2.05) is 5.32 Å². The molecule has 3 N–H and O–H groups in total. The number of amides is 3. The Hall–Kier alpha value is -3.25. The number of rotatable bonds is 6. The molecule has 2 heterocycles. The minimum Gasteiger partial charge on any atom is -0.444 e. The number of aromatic nitrogens is 1. The van der Waals surface area contributed by atoms with Gasteiger partial charge in [0.05, 0.1) is 0 Å². The van der Waals surface area contributed by atoms with Crippen LogP contribution in [0, 0.1) is 5.92 Å². The first-order valence-corrected chi connectivity index (χ1v) is 11.7. The maximum atomic E-state index is 13.7. The van der Waals surface area contributed by atoms with Gasteiger partial charge in [-0.2, -0.15) is 13.2 Å². The normalized spacial score (nSPS) is 21.0. The van der Waals surface area contributed by atoms with Crippen LogP contribution in [-0.2, 0) is 20.7 Å². The first kappa shape index (κ1) is 28.3. The lowest BCUT2D eigenvalue weighted by Gasteiger charge is -2.33. The zero-order valence-electron chi connectivity index (χ0n) is 20.5. The van der Waals surface area contributed by atoms with Gasteiger partial charge < -0.3 is 20.7 Å². The van der Waals surface area contributed by atoms with E-state index in [0.717, 1.165) is 6.08 Å². The Morgan fingerprint density at radius 3 is 2.43 bits per heavy atom. The van der Waals surface area contributed by atoms with Crippen molar-refractivity contribution in [3.05, 3.63) is 35.5 Å². The van der Waals surface area contributed by atoms with Crippen molar-refractivity contribution in [1.82, 2.24) is 15.6 Å². The fraction of sp³-hybridized carbons (Fsp3) is 0.583. The Labute approximate surface area is 210 Å². The van der Waals surface area contributed by atoms with Crippen molar-refractivity contribution >= 4 is 23.7 Å². The molecule has 3 rings (SSSR count). The van der Waals surface area contributed by atoms with E-state index in [4.69, 9.17) is 4.74 Å². The van der Waals surface area contributed by atoms with Crippen molar-refractivity contribution in [1.29, 1.82) is 0 Å². The molecule has 2 aliphatic rings. The van der Waals surface area contributed by atoms with Crippen LogP contribution >= 0.6 is 0 Å². The highest BCUT2D eigenvalue weighted by atomic mass is 19.4. The fourth-order valence-electron chi connectivity index (χ4n) is 4.17. The van der Waals surface area contributed by atoms with Gasteiger partial charge in [-0.3, -0.25) is 9.59 Å². The number of nitrogens with zero attached hydrogens (tertiary/aromatic N) is 1. The summed E-state index contributed by atoms with van der Waals surface area (Å²) in [6, 6.07) is -0.401. The van der Waals surface area contributed by atoms with Gasteiger partial charge in [-0.15, -0.1) is 0 Å². The molecule has 0 aromatic carbocycles. The van der Waals surface area contributed by atoms with Crippen LogP contribution in [0.4, 0.5) is 32.6 Å². The standard InChI is InChI=1S/C24H29F5N4O4/c1-22(2,3)37-21(36)33-18(14-4-7-23(25,26)8-5-14)20(35)32-17-11-13(6-9-30-17)10-15-12-16(24(27,28)29)31-19(15)34/h6,9,11-12,14,16,18H,4-5,7-8,10H2,1-3H3,(H,31,34)(H,33,36)(H,30,32,35)/t16?,18-/m1/s1. The van der Waals surface area contributed by atoms with Crippen LogP contribution in [0.3, 0.4) is 0 Å². The van der Waals surface area contributed by atoms with E-state index in [9.17, 15) is 36.3 Å². The molecular weight excluding hydrogens is 503 g/mol. The van der Waals surface area contributed by atoms with Crippen molar-refractivity contribution in [2.75, 3.05) is 5.32 Å².